The minimum Gasteiger partial charge on any atom is -0.330 e. The topological polar surface area (TPSA) is 55.0 Å². The van der Waals surface area contributed by atoms with Gasteiger partial charge in [0.25, 0.3) is 0 Å². The van der Waals surface area contributed by atoms with E-state index in [2.05, 4.69) is 21.9 Å². The van der Waals surface area contributed by atoms with Gasteiger partial charge in [-0.3, -0.25) is 4.90 Å². The van der Waals surface area contributed by atoms with E-state index < -0.39 is 0 Å². The van der Waals surface area contributed by atoms with Crippen LogP contribution in [0, 0.1) is 0 Å². The first kappa shape index (κ1) is 10.9. The van der Waals surface area contributed by atoms with Gasteiger partial charge < -0.3 is 5.73 Å². The van der Waals surface area contributed by atoms with Gasteiger partial charge in [0.05, 0.1) is 11.4 Å². The van der Waals surface area contributed by atoms with E-state index in [-0.39, 0.29) is 0 Å². The second-order valence-corrected chi connectivity index (χ2v) is 4.57. The molecule has 0 aliphatic carbocycles. The lowest BCUT2D eigenvalue weighted by Crippen LogP contribution is -2.10. The molecule has 2 rings (SSSR count). The second kappa shape index (κ2) is 4.47. The van der Waals surface area contributed by atoms with E-state index in [4.69, 9.17) is 5.73 Å². The average Bonchev–Trinajstić information content (AvgIpc) is 2.58. The van der Waals surface area contributed by atoms with E-state index in [1.807, 2.05) is 6.26 Å². The molecule has 2 N–H and O–H groups in total. The molecule has 0 radical (unpaired) electrons. The molecule has 4 nitrogen and oxygen atoms in total. The van der Waals surface area contributed by atoms with Crippen molar-refractivity contribution >= 4 is 11.8 Å². The molecule has 15 heavy (non-hydrogen) atoms. The summed E-state index contributed by atoms with van der Waals surface area (Å²) in [5.74, 6) is 0. The lowest BCUT2D eigenvalue weighted by atomic mass is 10.1. The number of nitrogens with two attached hydrogens (primary N) is 1. The van der Waals surface area contributed by atoms with Crippen LogP contribution in [0.15, 0.2) is 5.16 Å². The van der Waals surface area contributed by atoms with E-state index in [0.717, 1.165) is 30.4 Å². The first-order valence-electron chi connectivity index (χ1n) is 5.06. The summed E-state index contributed by atoms with van der Waals surface area (Å²) in [7, 11) is 2.10. The lowest BCUT2D eigenvalue weighted by molar-refractivity contribution is 0.350. The number of hydrogen-bond acceptors (Lipinski definition) is 5. The Morgan fingerprint density at radius 1 is 1.40 bits per heavy atom. The number of nitrogens with zero attached hydrogens (tertiary/aromatic N) is 3. The molecule has 0 saturated carbocycles. The summed E-state index contributed by atoms with van der Waals surface area (Å²) in [4.78, 5) is 11.3. The summed E-state index contributed by atoms with van der Waals surface area (Å²) < 4.78 is 0. The number of thioether (sulfide) groups is 1. The van der Waals surface area contributed by atoms with Gasteiger partial charge >= 0.3 is 0 Å². The smallest absolute Gasteiger partial charge is 0.187 e. The molecule has 1 aromatic rings. The molecule has 0 fully saturated rings. The molecule has 0 bridgehead atoms. The van der Waals surface area contributed by atoms with Gasteiger partial charge in [0.15, 0.2) is 5.16 Å². The Morgan fingerprint density at radius 2 is 2.20 bits per heavy atom. The van der Waals surface area contributed by atoms with Gasteiger partial charge in [-0.05, 0) is 19.8 Å². The van der Waals surface area contributed by atoms with Crippen molar-refractivity contribution in [3.63, 3.8) is 0 Å². The van der Waals surface area contributed by atoms with Gasteiger partial charge in [-0.2, -0.15) is 0 Å². The Balaban J connectivity index is 2.40. The van der Waals surface area contributed by atoms with Crippen LogP contribution in [-0.2, 0) is 19.5 Å². The molecule has 5 heteroatoms. The SMILES string of the molecule is CSc1nc(CCN)c2c(n1)CN(C)C2. The predicted molar refractivity (Wildman–Crippen MR) is 61.7 cm³/mol. The predicted octanol–water partition coefficient (Wildman–Crippen LogP) is 0.645. The standard InChI is InChI=1S/C10H16N4S/c1-14-5-7-8(3-4-11)12-10(15-2)13-9(7)6-14/h3-6,11H2,1-2H3. The van der Waals surface area contributed by atoms with E-state index in [1.165, 1.54) is 11.3 Å². The third-order valence-electron chi connectivity index (χ3n) is 2.57. The number of hydrogen-bond donors (Lipinski definition) is 1. The van der Waals surface area contributed by atoms with Crippen LogP contribution in [0.2, 0.25) is 0 Å². The van der Waals surface area contributed by atoms with Gasteiger partial charge in [0, 0.05) is 25.1 Å². The maximum atomic E-state index is 5.60. The van der Waals surface area contributed by atoms with Crippen molar-refractivity contribution in [2.45, 2.75) is 24.7 Å². The van der Waals surface area contributed by atoms with E-state index >= 15 is 0 Å². The van der Waals surface area contributed by atoms with Crippen LogP contribution in [0.4, 0.5) is 0 Å². The fourth-order valence-electron chi connectivity index (χ4n) is 1.89. The molecule has 0 unspecified atom stereocenters. The Kier molecular flexibility index (Phi) is 3.23. The molecule has 1 aliphatic heterocycles. The molecule has 0 spiro atoms. The molecule has 2 heterocycles. The minimum atomic E-state index is 0.654. The highest BCUT2D eigenvalue weighted by Crippen LogP contribution is 2.24. The van der Waals surface area contributed by atoms with Crippen molar-refractivity contribution < 1.29 is 0 Å². The largest absolute Gasteiger partial charge is 0.330 e. The van der Waals surface area contributed by atoms with Crippen molar-refractivity contribution in [2.75, 3.05) is 19.8 Å². The van der Waals surface area contributed by atoms with Crippen LogP contribution < -0.4 is 5.73 Å². The lowest BCUT2D eigenvalue weighted by Gasteiger charge is -2.07. The highest BCUT2D eigenvalue weighted by molar-refractivity contribution is 7.98. The summed E-state index contributed by atoms with van der Waals surface area (Å²) in [5, 5.41) is 0.868. The van der Waals surface area contributed by atoms with Gasteiger partial charge in [0.2, 0.25) is 0 Å². The quantitative estimate of drug-likeness (QED) is 0.603. The fourth-order valence-corrected chi connectivity index (χ4v) is 2.29. The van der Waals surface area contributed by atoms with E-state index in [1.54, 1.807) is 11.8 Å². The van der Waals surface area contributed by atoms with Crippen molar-refractivity contribution in [1.29, 1.82) is 0 Å². The highest BCUT2D eigenvalue weighted by Gasteiger charge is 2.21. The first-order valence-corrected chi connectivity index (χ1v) is 6.28. The van der Waals surface area contributed by atoms with Gasteiger partial charge in [0.1, 0.15) is 0 Å². The Labute approximate surface area is 94.3 Å². The normalized spacial score (nSPS) is 15.7. The van der Waals surface area contributed by atoms with Crippen LogP contribution in [0.25, 0.3) is 0 Å². The third kappa shape index (κ3) is 2.14. The minimum absolute atomic E-state index is 0.654. The van der Waals surface area contributed by atoms with Gasteiger partial charge in [-0.25, -0.2) is 9.97 Å². The van der Waals surface area contributed by atoms with Crippen LogP contribution in [0.1, 0.15) is 17.0 Å². The number of fused-ring (bicyclic) bond motifs is 1. The maximum Gasteiger partial charge on any atom is 0.187 e. The van der Waals surface area contributed by atoms with Gasteiger partial charge in [-0.1, -0.05) is 11.8 Å². The van der Waals surface area contributed by atoms with Crippen LogP contribution in [-0.4, -0.2) is 34.7 Å². The van der Waals surface area contributed by atoms with Crippen molar-refractivity contribution in [3.8, 4) is 0 Å². The Morgan fingerprint density at radius 3 is 2.87 bits per heavy atom. The molecular weight excluding hydrogens is 208 g/mol. The number of rotatable bonds is 3. The highest BCUT2D eigenvalue weighted by atomic mass is 32.2. The Hall–Kier alpha value is -0.650. The average molecular weight is 224 g/mol. The Bertz CT molecular complexity index is 367. The third-order valence-corrected chi connectivity index (χ3v) is 3.12. The van der Waals surface area contributed by atoms with E-state index in [0.29, 0.717) is 6.54 Å². The zero-order chi connectivity index (χ0) is 10.8. The zero-order valence-electron chi connectivity index (χ0n) is 9.16. The van der Waals surface area contributed by atoms with Crippen LogP contribution >= 0.6 is 11.8 Å². The van der Waals surface area contributed by atoms with Crippen LogP contribution in [0.3, 0.4) is 0 Å². The van der Waals surface area contributed by atoms with Crippen molar-refractivity contribution in [1.82, 2.24) is 14.9 Å². The molecule has 82 valence electrons. The molecular formula is C10H16N4S. The van der Waals surface area contributed by atoms with Crippen molar-refractivity contribution in [3.05, 3.63) is 17.0 Å². The summed E-state index contributed by atoms with van der Waals surface area (Å²) in [5.41, 5.74) is 9.21. The number of aromatic nitrogens is 2. The van der Waals surface area contributed by atoms with Crippen molar-refractivity contribution in [2.24, 2.45) is 5.73 Å². The summed E-state index contributed by atoms with van der Waals surface area (Å²) >= 11 is 1.59. The zero-order valence-corrected chi connectivity index (χ0v) is 9.97. The molecule has 0 atom stereocenters. The van der Waals surface area contributed by atoms with Gasteiger partial charge in [-0.15, -0.1) is 0 Å². The monoisotopic (exact) mass is 224 g/mol. The fraction of sp³-hybridized carbons (Fsp3) is 0.600. The summed E-state index contributed by atoms with van der Waals surface area (Å²) in [6.07, 6.45) is 2.86. The molecule has 0 amide bonds. The summed E-state index contributed by atoms with van der Waals surface area (Å²) in [6.45, 7) is 2.54. The van der Waals surface area contributed by atoms with E-state index in [9.17, 15) is 0 Å². The van der Waals surface area contributed by atoms with Crippen LogP contribution in [0.5, 0.6) is 0 Å². The molecule has 1 aliphatic rings. The first-order chi connectivity index (χ1) is 7.24. The second-order valence-electron chi connectivity index (χ2n) is 3.79. The maximum absolute atomic E-state index is 5.60. The molecule has 0 aromatic carbocycles. The summed E-state index contributed by atoms with van der Waals surface area (Å²) in [6, 6.07) is 0. The molecule has 0 saturated heterocycles. The molecule has 1 aromatic heterocycles.